The summed E-state index contributed by atoms with van der Waals surface area (Å²) in [7, 11) is 0.696. The van der Waals surface area contributed by atoms with E-state index in [0.29, 0.717) is 12.5 Å². The first-order chi connectivity index (χ1) is 11.2. The molecule has 0 aromatic heterocycles. The third-order valence-corrected chi connectivity index (χ3v) is 3.47. The predicted octanol–water partition coefficient (Wildman–Crippen LogP) is 2.63. The van der Waals surface area contributed by atoms with Crippen molar-refractivity contribution >= 4 is 28.3 Å². The minimum Gasteiger partial charge on any atom is -0.467 e. The lowest BCUT2D eigenvalue weighted by molar-refractivity contribution is -0.261. The highest BCUT2D eigenvalue weighted by molar-refractivity contribution is 6.03. The quantitative estimate of drug-likeness (QED) is 0.839. The number of aliphatic hydroxyl groups is 1. The van der Waals surface area contributed by atoms with Gasteiger partial charge in [-0.2, -0.15) is 13.2 Å². The maximum atomic E-state index is 13.0. The Labute approximate surface area is 135 Å². The fourth-order valence-electron chi connectivity index (χ4n) is 2.22. The molecule has 128 valence electrons. The van der Waals surface area contributed by atoms with Gasteiger partial charge < -0.3 is 15.2 Å². The molecule has 0 radical (unpaired) electrons. The first-order valence-electron chi connectivity index (χ1n) is 6.84. The summed E-state index contributed by atoms with van der Waals surface area (Å²) in [5.74, 6) is -3.11. The maximum Gasteiger partial charge on any atom is 0.428 e. The van der Waals surface area contributed by atoms with Crippen LogP contribution in [0.4, 0.5) is 18.9 Å². The van der Waals surface area contributed by atoms with E-state index < -0.39 is 30.1 Å². The first kappa shape index (κ1) is 17.7. The van der Waals surface area contributed by atoms with E-state index in [-0.39, 0.29) is 5.69 Å². The molecule has 24 heavy (non-hydrogen) atoms. The number of halogens is 3. The normalized spacial score (nSPS) is 14.0. The van der Waals surface area contributed by atoms with Gasteiger partial charge in [0.05, 0.1) is 13.5 Å². The highest BCUT2D eigenvalue weighted by Crippen LogP contribution is 2.35. The first-order valence-corrected chi connectivity index (χ1v) is 6.84. The molecule has 1 amide bonds. The Bertz CT molecular complexity index is 770. The summed E-state index contributed by atoms with van der Waals surface area (Å²) >= 11 is 0. The molecule has 8 heteroatoms. The van der Waals surface area contributed by atoms with Gasteiger partial charge in [-0.1, -0.05) is 36.4 Å². The van der Waals surface area contributed by atoms with Crippen LogP contribution in [0.15, 0.2) is 42.5 Å². The lowest BCUT2D eigenvalue weighted by atomic mass is 9.98. The van der Waals surface area contributed by atoms with Gasteiger partial charge in [0.15, 0.2) is 0 Å². The molecule has 0 saturated heterocycles. The van der Waals surface area contributed by atoms with Gasteiger partial charge in [-0.25, -0.2) is 4.79 Å². The molecule has 0 fully saturated rings. The molecule has 2 N–H and O–H groups in total. The molecule has 0 unspecified atom stereocenters. The monoisotopic (exact) mass is 341 g/mol. The Morgan fingerprint density at radius 2 is 1.75 bits per heavy atom. The Morgan fingerprint density at radius 3 is 2.38 bits per heavy atom. The molecule has 1 atom stereocenters. The highest BCUT2D eigenvalue weighted by atomic mass is 19.4. The highest BCUT2D eigenvalue weighted by Gasteiger charge is 2.61. The van der Waals surface area contributed by atoms with E-state index in [1.807, 2.05) is 0 Å². The number of carbonyl (C=O) groups excluding carboxylic acids is 2. The summed E-state index contributed by atoms with van der Waals surface area (Å²) < 4.78 is 42.9. The number of anilines is 1. The van der Waals surface area contributed by atoms with E-state index in [0.717, 1.165) is 5.39 Å². The summed E-state index contributed by atoms with van der Waals surface area (Å²) in [6.45, 7) is 0. The Kier molecular flexibility index (Phi) is 4.79. The van der Waals surface area contributed by atoms with E-state index in [2.05, 4.69) is 10.1 Å². The topological polar surface area (TPSA) is 75.6 Å². The van der Waals surface area contributed by atoms with Gasteiger partial charge in [0.2, 0.25) is 5.91 Å². The van der Waals surface area contributed by atoms with E-state index in [4.69, 9.17) is 0 Å². The molecule has 0 aliphatic heterocycles. The number of carbonyl (C=O) groups is 2. The molecule has 0 aliphatic rings. The van der Waals surface area contributed by atoms with Crippen molar-refractivity contribution in [2.24, 2.45) is 0 Å². The molecule has 0 saturated carbocycles. The van der Waals surface area contributed by atoms with E-state index in [1.54, 1.807) is 36.4 Å². The third-order valence-electron chi connectivity index (χ3n) is 3.47. The van der Waals surface area contributed by atoms with Crippen molar-refractivity contribution in [2.45, 2.75) is 18.2 Å². The number of rotatable bonds is 4. The zero-order valence-corrected chi connectivity index (χ0v) is 12.6. The molecular formula is C16H14F3NO4. The van der Waals surface area contributed by atoms with Crippen LogP contribution in [0.5, 0.6) is 0 Å². The van der Waals surface area contributed by atoms with Gasteiger partial charge in [-0.15, -0.1) is 0 Å². The minimum atomic E-state index is -5.35. The third kappa shape index (κ3) is 3.33. The summed E-state index contributed by atoms with van der Waals surface area (Å²) in [5, 5.41) is 13.3. The maximum absolute atomic E-state index is 13.0. The van der Waals surface area contributed by atoms with Crippen LogP contribution in [-0.2, 0) is 14.3 Å². The average molecular weight is 341 g/mol. The van der Waals surface area contributed by atoms with Gasteiger partial charge >= 0.3 is 12.1 Å². The van der Waals surface area contributed by atoms with Gasteiger partial charge in [-0.3, -0.25) is 4.79 Å². The second-order valence-electron chi connectivity index (χ2n) is 5.10. The molecule has 0 bridgehead atoms. The number of alkyl halides is 3. The Balaban J connectivity index is 2.27. The van der Waals surface area contributed by atoms with E-state index in [1.165, 1.54) is 6.07 Å². The molecule has 0 spiro atoms. The minimum absolute atomic E-state index is 0.271. The zero-order valence-electron chi connectivity index (χ0n) is 12.6. The predicted molar refractivity (Wildman–Crippen MR) is 80.2 cm³/mol. The number of esters is 1. The van der Waals surface area contributed by atoms with Gasteiger partial charge in [0, 0.05) is 11.1 Å². The van der Waals surface area contributed by atoms with Gasteiger partial charge in [0.1, 0.15) is 0 Å². The zero-order chi connectivity index (χ0) is 18.0. The summed E-state index contributed by atoms with van der Waals surface area (Å²) in [6.07, 6.45) is -6.86. The Hall–Kier alpha value is -2.61. The fraction of sp³-hybridized carbons (Fsp3) is 0.250. The van der Waals surface area contributed by atoms with E-state index in [9.17, 15) is 27.9 Å². The van der Waals surface area contributed by atoms with Crippen LogP contribution in [0.25, 0.3) is 10.8 Å². The number of fused-ring (bicyclic) bond motifs is 1. The summed E-state index contributed by atoms with van der Waals surface area (Å²) in [4.78, 5) is 23.3. The number of amides is 1. The van der Waals surface area contributed by atoms with Crippen molar-refractivity contribution < 1.29 is 32.6 Å². The summed E-state index contributed by atoms with van der Waals surface area (Å²) in [5.41, 5.74) is -3.64. The van der Waals surface area contributed by atoms with Crippen LogP contribution in [0.2, 0.25) is 0 Å². The number of benzene rings is 2. The van der Waals surface area contributed by atoms with Crippen molar-refractivity contribution in [3.8, 4) is 0 Å². The SMILES string of the molecule is COC(=O)[C@](O)(CC(=O)Nc1cccc2ccccc12)C(F)(F)F. The Morgan fingerprint density at radius 1 is 1.12 bits per heavy atom. The molecule has 2 aromatic carbocycles. The van der Waals surface area contributed by atoms with Crippen molar-refractivity contribution in [2.75, 3.05) is 12.4 Å². The van der Waals surface area contributed by atoms with Gasteiger partial charge in [-0.05, 0) is 11.5 Å². The second-order valence-corrected chi connectivity index (χ2v) is 5.10. The lowest BCUT2D eigenvalue weighted by Crippen LogP contribution is -2.54. The standard InChI is InChI=1S/C16H14F3NO4/c1-24-14(22)15(23,16(17,18)19)9-13(21)20-12-8-4-6-10-5-2-3-7-11(10)12/h2-8,23H,9H2,1H3,(H,20,21)/t15-/m1/s1. The molecular weight excluding hydrogens is 327 g/mol. The van der Waals surface area contributed by atoms with Crippen molar-refractivity contribution in [1.82, 2.24) is 0 Å². The molecule has 2 rings (SSSR count). The molecule has 2 aromatic rings. The van der Waals surface area contributed by atoms with Crippen molar-refractivity contribution in [1.29, 1.82) is 0 Å². The fourth-order valence-corrected chi connectivity index (χ4v) is 2.22. The lowest BCUT2D eigenvalue weighted by Gasteiger charge is -2.27. The van der Waals surface area contributed by atoms with Crippen LogP contribution in [0.3, 0.4) is 0 Å². The number of hydrogen-bond acceptors (Lipinski definition) is 4. The number of hydrogen-bond donors (Lipinski definition) is 2. The number of ether oxygens (including phenoxy) is 1. The number of nitrogens with one attached hydrogen (secondary N) is 1. The molecule has 0 heterocycles. The van der Waals surface area contributed by atoms with Crippen LogP contribution in [0.1, 0.15) is 6.42 Å². The van der Waals surface area contributed by atoms with Crippen LogP contribution in [-0.4, -0.2) is 35.9 Å². The van der Waals surface area contributed by atoms with Gasteiger partial charge in [0.25, 0.3) is 5.60 Å². The smallest absolute Gasteiger partial charge is 0.428 e. The average Bonchev–Trinajstić information content (AvgIpc) is 2.53. The molecule has 5 nitrogen and oxygen atoms in total. The van der Waals surface area contributed by atoms with Crippen molar-refractivity contribution in [3.05, 3.63) is 42.5 Å². The van der Waals surface area contributed by atoms with Crippen LogP contribution >= 0.6 is 0 Å². The van der Waals surface area contributed by atoms with E-state index >= 15 is 0 Å². The largest absolute Gasteiger partial charge is 0.467 e. The van der Waals surface area contributed by atoms with Crippen LogP contribution in [0, 0.1) is 0 Å². The van der Waals surface area contributed by atoms with Crippen molar-refractivity contribution in [3.63, 3.8) is 0 Å². The van der Waals surface area contributed by atoms with Crippen LogP contribution < -0.4 is 5.32 Å². The molecule has 0 aliphatic carbocycles. The number of methoxy groups -OCH3 is 1. The second kappa shape index (κ2) is 6.48. The summed E-state index contributed by atoms with van der Waals surface area (Å²) in [6, 6.07) is 11.8.